The SMILES string of the molecule is COc1cccc(C(=O)Nc2cccc(O[C@H](C)C(=O)c3cccc(Cl)c3)c2)c1. The van der Waals surface area contributed by atoms with Crippen molar-refractivity contribution in [2.45, 2.75) is 13.0 Å². The first-order valence-corrected chi connectivity index (χ1v) is 9.36. The third-order valence-corrected chi connectivity index (χ3v) is 4.45. The summed E-state index contributed by atoms with van der Waals surface area (Å²) in [5.74, 6) is 0.613. The summed E-state index contributed by atoms with van der Waals surface area (Å²) in [5.41, 5.74) is 1.50. The van der Waals surface area contributed by atoms with Gasteiger partial charge in [-0.05, 0) is 49.4 Å². The highest BCUT2D eigenvalue weighted by atomic mass is 35.5. The van der Waals surface area contributed by atoms with Gasteiger partial charge in [0.1, 0.15) is 11.5 Å². The molecule has 0 spiro atoms. The Hall–Kier alpha value is -3.31. The van der Waals surface area contributed by atoms with Gasteiger partial charge in [0.2, 0.25) is 5.78 Å². The van der Waals surface area contributed by atoms with Crippen molar-refractivity contribution in [3.8, 4) is 11.5 Å². The second-order valence-electron chi connectivity index (χ2n) is 6.35. The van der Waals surface area contributed by atoms with Crippen LogP contribution in [-0.2, 0) is 0 Å². The summed E-state index contributed by atoms with van der Waals surface area (Å²) in [4.78, 5) is 25.0. The van der Waals surface area contributed by atoms with Gasteiger partial charge in [-0.1, -0.05) is 35.9 Å². The second-order valence-corrected chi connectivity index (χ2v) is 6.79. The van der Waals surface area contributed by atoms with Crippen LogP contribution in [-0.4, -0.2) is 24.9 Å². The summed E-state index contributed by atoms with van der Waals surface area (Å²) in [5, 5.41) is 3.31. The number of carbonyl (C=O) groups excluding carboxylic acids is 2. The lowest BCUT2D eigenvalue weighted by Crippen LogP contribution is -2.24. The minimum atomic E-state index is -0.710. The molecule has 1 N–H and O–H groups in total. The van der Waals surface area contributed by atoms with Crippen LogP contribution >= 0.6 is 11.6 Å². The van der Waals surface area contributed by atoms with Crippen molar-refractivity contribution >= 4 is 29.0 Å². The molecule has 0 saturated heterocycles. The molecule has 6 heteroatoms. The number of rotatable bonds is 7. The van der Waals surface area contributed by atoms with E-state index in [4.69, 9.17) is 21.1 Å². The van der Waals surface area contributed by atoms with Crippen LogP contribution in [0.3, 0.4) is 0 Å². The highest BCUT2D eigenvalue weighted by molar-refractivity contribution is 6.31. The largest absolute Gasteiger partial charge is 0.497 e. The lowest BCUT2D eigenvalue weighted by atomic mass is 10.1. The topological polar surface area (TPSA) is 64.6 Å². The molecule has 1 atom stereocenters. The molecule has 3 aromatic carbocycles. The van der Waals surface area contributed by atoms with E-state index in [1.165, 1.54) is 0 Å². The van der Waals surface area contributed by atoms with Crippen LogP contribution < -0.4 is 14.8 Å². The smallest absolute Gasteiger partial charge is 0.255 e. The van der Waals surface area contributed by atoms with E-state index in [0.29, 0.717) is 33.3 Å². The van der Waals surface area contributed by atoms with Crippen molar-refractivity contribution in [1.29, 1.82) is 0 Å². The quantitative estimate of drug-likeness (QED) is 0.541. The number of benzene rings is 3. The van der Waals surface area contributed by atoms with Crippen LogP contribution in [0.25, 0.3) is 0 Å². The molecular weight excluding hydrogens is 390 g/mol. The normalized spacial score (nSPS) is 11.4. The molecule has 1 amide bonds. The van der Waals surface area contributed by atoms with E-state index in [-0.39, 0.29) is 11.7 Å². The maximum absolute atomic E-state index is 12.5. The van der Waals surface area contributed by atoms with Crippen molar-refractivity contribution in [1.82, 2.24) is 0 Å². The van der Waals surface area contributed by atoms with E-state index in [1.807, 2.05) is 0 Å². The van der Waals surface area contributed by atoms with Crippen molar-refractivity contribution in [3.05, 3.63) is 88.9 Å². The first kappa shape index (κ1) is 20.4. The Morgan fingerprint density at radius 3 is 2.34 bits per heavy atom. The Balaban J connectivity index is 1.69. The number of amides is 1. The van der Waals surface area contributed by atoms with Crippen molar-refractivity contribution in [3.63, 3.8) is 0 Å². The van der Waals surface area contributed by atoms with E-state index in [9.17, 15) is 9.59 Å². The summed E-state index contributed by atoms with van der Waals surface area (Å²) in [6, 6.07) is 20.5. The first-order valence-electron chi connectivity index (χ1n) is 8.98. The number of methoxy groups -OCH3 is 1. The number of nitrogens with one attached hydrogen (secondary N) is 1. The Morgan fingerprint density at radius 2 is 1.59 bits per heavy atom. The van der Waals surface area contributed by atoms with Gasteiger partial charge in [-0.2, -0.15) is 0 Å². The van der Waals surface area contributed by atoms with Crippen LogP contribution in [0.2, 0.25) is 5.02 Å². The minimum absolute atomic E-state index is 0.182. The van der Waals surface area contributed by atoms with E-state index in [1.54, 1.807) is 86.8 Å². The Labute approximate surface area is 174 Å². The van der Waals surface area contributed by atoms with Crippen molar-refractivity contribution < 1.29 is 19.1 Å². The molecule has 0 bridgehead atoms. The number of carbonyl (C=O) groups is 2. The predicted octanol–water partition coefficient (Wildman–Crippen LogP) is 5.25. The predicted molar refractivity (Wildman–Crippen MR) is 113 cm³/mol. The molecule has 5 nitrogen and oxygen atoms in total. The van der Waals surface area contributed by atoms with Crippen LogP contribution in [0.5, 0.6) is 11.5 Å². The molecule has 0 fully saturated rings. The third kappa shape index (κ3) is 5.36. The van der Waals surface area contributed by atoms with Gasteiger partial charge in [-0.15, -0.1) is 0 Å². The zero-order valence-corrected chi connectivity index (χ0v) is 16.8. The number of hydrogen-bond donors (Lipinski definition) is 1. The molecule has 3 aromatic rings. The second kappa shape index (κ2) is 9.26. The zero-order valence-electron chi connectivity index (χ0n) is 16.0. The summed E-state index contributed by atoms with van der Waals surface area (Å²) in [7, 11) is 1.55. The van der Waals surface area contributed by atoms with Gasteiger partial charge < -0.3 is 14.8 Å². The van der Waals surface area contributed by atoms with Crippen molar-refractivity contribution in [2.24, 2.45) is 0 Å². The number of halogens is 1. The van der Waals surface area contributed by atoms with E-state index < -0.39 is 6.10 Å². The lowest BCUT2D eigenvalue weighted by Gasteiger charge is -2.15. The molecule has 0 aromatic heterocycles. The van der Waals surface area contributed by atoms with Gasteiger partial charge in [0, 0.05) is 27.9 Å². The Bertz CT molecular complexity index is 1030. The first-order chi connectivity index (χ1) is 14.0. The van der Waals surface area contributed by atoms with Crippen LogP contribution in [0.4, 0.5) is 5.69 Å². The number of anilines is 1. The molecule has 0 aliphatic carbocycles. The number of ether oxygens (including phenoxy) is 2. The molecule has 3 rings (SSSR count). The fourth-order valence-electron chi connectivity index (χ4n) is 2.75. The zero-order chi connectivity index (χ0) is 20.8. The maximum atomic E-state index is 12.5. The lowest BCUT2D eigenvalue weighted by molar-refractivity contribution is 0.0818. The summed E-state index contributed by atoms with van der Waals surface area (Å²) in [6.45, 7) is 1.67. The van der Waals surface area contributed by atoms with Gasteiger partial charge in [0.25, 0.3) is 5.91 Å². The highest BCUT2D eigenvalue weighted by Gasteiger charge is 2.17. The fourth-order valence-corrected chi connectivity index (χ4v) is 2.94. The molecule has 29 heavy (non-hydrogen) atoms. The minimum Gasteiger partial charge on any atom is -0.497 e. The van der Waals surface area contributed by atoms with Gasteiger partial charge in [-0.3, -0.25) is 9.59 Å². The molecular formula is C23H20ClNO4. The monoisotopic (exact) mass is 409 g/mol. The van der Waals surface area contributed by atoms with E-state index in [2.05, 4.69) is 5.32 Å². The summed E-state index contributed by atoms with van der Waals surface area (Å²) >= 11 is 5.95. The third-order valence-electron chi connectivity index (χ3n) is 4.22. The molecule has 0 aliphatic heterocycles. The maximum Gasteiger partial charge on any atom is 0.255 e. The van der Waals surface area contributed by atoms with Gasteiger partial charge >= 0.3 is 0 Å². The standard InChI is InChI=1S/C23H20ClNO4/c1-15(22(26)16-6-3-8-18(24)12-16)29-21-11-5-9-19(14-21)25-23(27)17-7-4-10-20(13-17)28-2/h3-15H,1-2H3,(H,25,27)/t15-/m1/s1. The average Bonchev–Trinajstić information content (AvgIpc) is 2.73. The summed E-state index contributed by atoms with van der Waals surface area (Å²) in [6.07, 6.45) is -0.710. The number of ketones is 1. The molecule has 0 unspecified atom stereocenters. The number of Topliss-reactive ketones (excluding diaryl/α,β-unsaturated/α-hetero) is 1. The molecule has 0 aliphatic rings. The molecule has 148 valence electrons. The molecule has 0 heterocycles. The van der Waals surface area contributed by atoms with Gasteiger partial charge in [0.15, 0.2) is 6.10 Å². The van der Waals surface area contributed by atoms with Crippen LogP contribution in [0.1, 0.15) is 27.6 Å². The van der Waals surface area contributed by atoms with Crippen molar-refractivity contribution in [2.75, 3.05) is 12.4 Å². The Morgan fingerprint density at radius 1 is 0.897 bits per heavy atom. The number of hydrogen-bond acceptors (Lipinski definition) is 4. The van der Waals surface area contributed by atoms with Crippen LogP contribution in [0.15, 0.2) is 72.8 Å². The van der Waals surface area contributed by atoms with Crippen LogP contribution in [0, 0.1) is 0 Å². The Kier molecular flexibility index (Phi) is 6.52. The average molecular weight is 410 g/mol. The van der Waals surface area contributed by atoms with E-state index >= 15 is 0 Å². The highest BCUT2D eigenvalue weighted by Crippen LogP contribution is 2.22. The molecule has 0 saturated carbocycles. The van der Waals surface area contributed by atoms with E-state index in [0.717, 1.165) is 0 Å². The van der Waals surface area contributed by atoms with Gasteiger partial charge in [-0.25, -0.2) is 0 Å². The fraction of sp³-hybridized carbons (Fsp3) is 0.130. The summed E-state index contributed by atoms with van der Waals surface area (Å²) < 4.78 is 10.9. The van der Waals surface area contributed by atoms with Gasteiger partial charge in [0.05, 0.1) is 7.11 Å². The molecule has 0 radical (unpaired) electrons.